The van der Waals surface area contributed by atoms with Crippen LogP contribution >= 0.6 is 0 Å². The topological polar surface area (TPSA) is 64.4 Å². The number of rotatable bonds is 3. The first-order valence-electron chi connectivity index (χ1n) is 8.25. The number of aryl methyl sites for hydroxylation is 2. The van der Waals surface area contributed by atoms with E-state index in [0.717, 1.165) is 16.8 Å². The monoisotopic (exact) mass is 355 g/mol. The lowest BCUT2D eigenvalue weighted by molar-refractivity contribution is 0.384. The van der Waals surface area contributed by atoms with Crippen LogP contribution in [0.2, 0.25) is 0 Å². The van der Waals surface area contributed by atoms with Gasteiger partial charge in [-0.2, -0.15) is 9.57 Å². The van der Waals surface area contributed by atoms with E-state index in [4.69, 9.17) is 0 Å². The number of piperazine rings is 1. The summed E-state index contributed by atoms with van der Waals surface area (Å²) in [6.45, 7) is 5.69. The first kappa shape index (κ1) is 17.5. The van der Waals surface area contributed by atoms with E-state index in [1.54, 1.807) is 16.4 Å². The van der Waals surface area contributed by atoms with Crippen LogP contribution in [0.5, 0.6) is 0 Å². The third-order valence-corrected chi connectivity index (χ3v) is 6.61. The Kier molecular flexibility index (Phi) is 4.80. The highest BCUT2D eigenvalue weighted by Crippen LogP contribution is 2.25. The van der Waals surface area contributed by atoms with Gasteiger partial charge in [-0.3, -0.25) is 0 Å². The summed E-state index contributed by atoms with van der Waals surface area (Å²) in [5.41, 5.74) is 3.19. The standard InChI is InChI=1S/C19H21N3O2S/c1-15-7-8-16(2)19(13-15)25(23,24)22-11-9-21(10-12-22)18-6-4-3-5-17(18)14-20/h3-8,13H,9-12H2,1-2H3. The van der Waals surface area contributed by atoms with Crippen LogP contribution in [0.25, 0.3) is 0 Å². The van der Waals surface area contributed by atoms with Gasteiger partial charge in [0.05, 0.1) is 16.1 Å². The first-order valence-corrected chi connectivity index (χ1v) is 9.69. The quantitative estimate of drug-likeness (QED) is 0.849. The number of benzene rings is 2. The highest BCUT2D eigenvalue weighted by atomic mass is 32.2. The molecule has 1 aliphatic rings. The fourth-order valence-electron chi connectivity index (χ4n) is 3.14. The van der Waals surface area contributed by atoms with Crippen molar-refractivity contribution in [3.8, 4) is 6.07 Å². The fraction of sp³-hybridized carbons (Fsp3) is 0.316. The second-order valence-corrected chi connectivity index (χ2v) is 8.20. The molecule has 5 nitrogen and oxygen atoms in total. The number of hydrogen-bond acceptors (Lipinski definition) is 4. The van der Waals surface area contributed by atoms with Crippen molar-refractivity contribution in [2.45, 2.75) is 18.7 Å². The minimum Gasteiger partial charge on any atom is -0.368 e. The molecule has 130 valence electrons. The lowest BCUT2D eigenvalue weighted by Gasteiger charge is -2.36. The Labute approximate surface area is 149 Å². The first-order chi connectivity index (χ1) is 11.9. The van der Waals surface area contributed by atoms with E-state index in [1.165, 1.54) is 0 Å². The molecule has 0 aromatic heterocycles. The molecule has 2 aromatic rings. The van der Waals surface area contributed by atoms with Crippen LogP contribution in [0.1, 0.15) is 16.7 Å². The van der Waals surface area contributed by atoms with Crippen molar-refractivity contribution < 1.29 is 8.42 Å². The molecular formula is C19H21N3O2S. The fourth-order valence-corrected chi connectivity index (χ4v) is 4.87. The van der Waals surface area contributed by atoms with Crippen molar-refractivity contribution >= 4 is 15.7 Å². The largest absolute Gasteiger partial charge is 0.368 e. The molecule has 0 amide bonds. The second-order valence-electron chi connectivity index (χ2n) is 6.29. The van der Waals surface area contributed by atoms with Crippen molar-refractivity contribution in [2.75, 3.05) is 31.1 Å². The number of nitriles is 1. The number of hydrogen-bond donors (Lipinski definition) is 0. The van der Waals surface area contributed by atoms with E-state index >= 15 is 0 Å². The Hall–Kier alpha value is -2.36. The van der Waals surface area contributed by atoms with E-state index in [0.29, 0.717) is 36.6 Å². The molecule has 1 saturated heterocycles. The van der Waals surface area contributed by atoms with Gasteiger partial charge in [0.15, 0.2) is 0 Å². The highest BCUT2D eigenvalue weighted by molar-refractivity contribution is 7.89. The number of sulfonamides is 1. The van der Waals surface area contributed by atoms with Crippen LogP contribution in [0.3, 0.4) is 0 Å². The maximum absolute atomic E-state index is 13.0. The summed E-state index contributed by atoms with van der Waals surface area (Å²) in [6.07, 6.45) is 0. The molecule has 1 heterocycles. The van der Waals surface area contributed by atoms with E-state index < -0.39 is 10.0 Å². The number of para-hydroxylation sites is 1. The molecule has 1 aliphatic heterocycles. The minimum atomic E-state index is -3.49. The van der Waals surface area contributed by atoms with Crippen LogP contribution < -0.4 is 4.90 Å². The van der Waals surface area contributed by atoms with E-state index in [2.05, 4.69) is 11.0 Å². The molecule has 0 unspecified atom stereocenters. The molecule has 0 aliphatic carbocycles. The van der Waals surface area contributed by atoms with Crippen molar-refractivity contribution in [2.24, 2.45) is 0 Å². The maximum atomic E-state index is 13.0. The van der Waals surface area contributed by atoms with Crippen molar-refractivity contribution in [1.82, 2.24) is 4.31 Å². The molecule has 3 rings (SSSR count). The average molecular weight is 355 g/mol. The van der Waals surface area contributed by atoms with Gasteiger partial charge in [-0.25, -0.2) is 8.42 Å². The van der Waals surface area contributed by atoms with Gasteiger partial charge >= 0.3 is 0 Å². The van der Waals surface area contributed by atoms with Gasteiger partial charge < -0.3 is 4.90 Å². The van der Waals surface area contributed by atoms with E-state index in [9.17, 15) is 13.7 Å². The van der Waals surface area contributed by atoms with Gasteiger partial charge in [0.1, 0.15) is 6.07 Å². The minimum absolute atomic E-state index is 0.387. The predicted octanol–water partition coefficient (Wildman–Crippen LogP) is 2.69. The molecule has 0 atom stereocenters. The van der Waals surface area contributed by atoms with E-state index in [-0.39, 0.29) is 0 Å². The molecule has 0 spiro atoms. The third-order valence-electron chi connectivity index (χ3n) is 4.57. The normalized spacial score (nSPS) is 15.8. The summed E-state index contributed by atoms with van der Waals surface area (Å²) in [5.74, 6) is 0. The van der Waals surface area contributed by atoms with Gasteiger partial charge in [-0.1, -0.05) is 24.3 Å². The number of nitrogens with zero attached hydrogens (tertiary/aromatic N) is 3. The summed E-state index contributed by atoms with van der Waals surface area (Å²) in [7, 11) is -3.49. The van der Waals surface area contributed by atoms with Gasteiger partial charge in [-0.05, 0) is 43.2 Å². The van der Waals surface area contributed by atoms with Crippen LogP contribution in [-0.4, -0.2) is 38.9 Å². The molecule has 2 aromatic carbocycles. The molecule has 0 bridgehead atoms. The Balaban J connectivity index is 1.80. The SMILES string of the molecule is Cc1ccc(C)c(S(=O)(=O)N2CCN(c3ccccc3C#N)CC2)c1. The summed E-state index contributed by atoms with van der Waals surface area (Å²) in [4.78, 5) is 2.46. The molecule has 6 heteroatoms. The average Bonchev–Trinajstić information content (AvgIpc) is 2.63. The van der Waals surface area contributed by atoms with Gasteiger partial charge in [-0.15, -0.1) is 0 Å². The molecule has 1 fully saturated rings. The van der Waals surface area contributed by atoms with Gasteiger partial charge in [0, 0.05) is 26.2 Å². The second kappa shape index (κ2) is 6.87. The molecule has 0 N–H and O–H groups in total. The Morgan fingerprint density at radius 3 is 2.36 bits per heavy atom. The summed E-state index contributed by atoms with van der Waals surface area (Å²) < 4.78 is 27.5. The van der Waals surface area contributed by atoms with Crippen LogP contribution in [0.4, 0.5) is 5.69 Å². The van der Waals surface area contributed by atoms with Crippen molar-refractivity contribution in [3.63, 3.8) is 0 Å². The number of anilines is 1. The molecular weight excluding hydrogens is 334 g/mol. The van der Waals surface area contributed by atoms with Gasteiger partial charge in [0.25, 0.3) is 0 Å². The molecule has 0 radical (unpaired) electrons. The Bertz CT molecular complexity index is 924. The van der Waals surface area contributed by atoms with Crippen LogP contribution in [0.15, 0.2) is 47.4 Å². The third kappa shape index (κ3) is 3.39. The molecule has 25 heavy (non-hydrogen) atoms. The summed E-state index contributed by atoms with van der Waals surface area (Å²) in [6, 6.07) is 15.1. The highest BCUT2D eigenvalue weighted by Gasteiger charge is 2.30. The van der Waals surface area contributed by atoms with Gasteiger partial charge in [0.2, 0.25) is 10.0 Å². The van der Waals surface area contributed by atoms with Crippen molar-refractivity contribution in [1.29, 1.82) is 5.26 Å². The maximum Gasteiger partial charge on any atom is 0.243 e. The van der Waals surface area contributed by atoms with Crippen LogP contribution in [-0.2, 0) is 10.0 Å². The lowest BCUT2D eigenvalue weighted by Crippen LogP contribution is -2.49. The lowest BCUT2D eigenvalue weighted by atomic mass is 10.1. The van der Waals surface area contributed by atoms with Crippen LogP contribution in [0, 0.1) is 25.2 Å². The van der Waals surface area contributed by atoms with E-state index in [1.807, 2.05) is 44.2 Å². The predicted molar refractivity (Wildman–Crippen MR) is 98.0 cm³/mol. The van der Waals surface area contributed by atoms with Crippen molar-refractivity contribution in [3.05, 3.63) is 59.2 Å². The smallest absolute Gasteiger partial charge is 0.243 e. The Morgan fingerprint density at radius 2 is 1.68 bits per heavy atom. The molecule has 0 saturated carbocycles. The zero-order chi connectivity index (χ0) is 18.0. The zero-order valence-corrected chi connectivity index (χ0v) is 15.3. The Morgan fingerprint density at radius 1 is 1.00 bits per heavy atom. The zero-order valence-electron chi connectivity index (χ0n) is 14.4. The summed E-state index contributed by atoms with van der Waals surface area (Å²) >= 11 is 0. The summed E-state index contributed by atoms with van der Waals surface area (Å²) in [5, 5.41) is 9.25.